The Kier molecular flexibility index (Phi) is 3.17. The van der Waals surface area contributed by atoms with Crippen LogP contribution in [0.3, 0.4) is 0 Å². The minimum absolute atomic E-state index is 0.315. The van der Waals surface area contributed by atoms with Crippen LogP contribution in [-0.4, -0.2) is 11.1 Å². The van der Waals surface area contributed by atoms with Gasteiger partial charge in [0.2, 0.25) is 0 Å². The monoisotopic (exact) mass is 225 g/mol. The lowest BCUT2D eigenvalue weighted by Gasteiger charge is -2.13. The molecule has 1 aliphatic rings. The predicted octanol–water partition coefficient (Wildman–Crippen LogP) is 2.93. The molecule has 15 heavy (non-hydrogen) atoms. The molecule has 1 aromatic carbocycles. The molecule has 1 unspecified atom stereocenters. The van der Waals surface area contributed by atoms with Crippen molar-refractivity contribution in [3.8, 4) is 5.75 Å². The summed E-state index contributed by atoms with van der Waals surface area (Å²) in [5.74, 6) is 1.14. The Morgan fingerprint density at radius 3 is 2.93 bits per heavy atom. The van der Waals surface area contributed by atoms with Gasteiger partial charge in [0.25, 0.3) is 0 Å². The molecule has 0 radical (unpaired) electrons. The third-order valence-electron chi connectivity index (χ3n) is 2.99. The third kappa shape index (κ3) is 2.86. The van der Waals surface area contributed by atoms with Gasteiger partial charge in [-0.05, 0) is 43.9 Å². The Balaban J connectivity index is 1.94. The van der Waals surface area contributed by atoms with Gasteiger partial charge in [0.05, 0.1) is 0 Å². The average molecular weight is 226 g/mol. The molecular weight excluding hydrogens is 210 g/mol. The second-order valence-corrected chi connectivity index (χ2v) is 4.72. The van der Waals surface area contributed by atoms with Gasteiger partial charge in [-0.3, -0.25) is 0 Å². The highest BCUT2D eigenvalue weighted by molar-refractivity contribution is 6.30. The number of aromatic hydroxyl groups is 1. The van der Waals surface area contributed by atoms with Gasteiger partial charge >= 0.3 is 0 Å². The van der Waals surface area contributed by atoms with Crippen molar-refractivity contribution in [3.63, 3.8) is 0 Å². The van der Waals surface area contributed by atoms with Crippen LogP contribution in [-0.2, 0) is 6.54 Å². The number of nitrogens with one attached hydrogen (secondary N) is 1. The molecule has 1 aromatic rings. The molecular formula is C12H16ClNO. The van der Waals surface area contributed by atoms with Crippen LogP contribution in [0.25, 0.3) is 0 Å². The summed E-state index contributed by atoms with van der Waals surface area (Å²) in [6.07, 6.45) is 2.66. The van der Waals surface area contributed by atoms with Crippen molar-refractivity contribution < 1.29 is 5.11 Å². The zero-order chi connectivity index (χ0) is 10.8. The summed E-state index contributed by atoms with van der Waals surface area (Å²) in [4.78, 5) is 0. The molecule has 2 N–H and O–H groups in total. The minimum Gasteiger partial charge on any atom is -0.508 e. The smallest absolute Gasteiger partial charge is 0.120 e. The summed E-state index contributed by atoms with van der Waals surface area (Å²) < 4.78 is 0. The predicted molar refractivity (Wildman–Crippen MR) is 62.1 cm³/mol. The van der Waals surface area contributed by atoms with E-state index >= 15 is 0 Å². The summed E-state index contributed by atoms with van der Waals surface area (Å²) in [6.45, 7) is 2.88. The number of halogens is 1. The number of hydrogen-bond donors (Lipinski definition) is 2. The number of phenolic OH excluding ortho intramolecular Hbond substituents is 1. The summed E-state index contributed by atoms with van der Waals surface area (Å²) in [7, 11) is 0. The number of rotatable bonds is 4. The highest BCUT2D eigenvalue weighted by Crippen LogP contribution is 2.32. The van der Waals surface area contributed by atoms with Crippen LogP contribution in [0.4, 0.5) is 0 Å². The average Bonchev–Trinajstić information content (AvgIpc) is 3.02. The molecule has 0 amide bonds. The first kappa shape index (κ1) is 10.8. The first-order chi connectivity index (χ1) is 7.16. The zero-order valence-electron chi connectivity index (χ0n) is 8.83. The molecule has 2 rings (SSSR count). The van der Waals surface area contributed by atoms with Crippen molar-refractivity contribution in [1.82, 2.24) is 5.32 Å². The second kappa shape index (κ2) is 4.42. The number of phenols is 1. The van der Waals surface area contributed by atoms with E-state index in [1.165, 1.54) is 12.8 Å². The Bertz CT molecular complexity index is 349. The van der Waals surface area contributed by atoms with E-state index in [2.05, 4.69) is 12.2 Å². The lowest BCUT2D eigenvalue weighted by atomic mass is 10.1. The fourth-order valence-corrected chi connectivity index (χ4v) is 1.92. The number of benzene rings is 1. The molecule has 1 saturated carbocycles. The topological polar surface area (TPSA) is 32.3 Å². The van der Waals surface area contributed by atoms with E-state index in [-0.39, 0.29) is 0 Å². The maximum Gasteiger partial charge on any atom is 0.120 e. The van der Waals surface area contributed by atoms with Crippen molar-refractivity contribution in [3.05, 3.63) is 28.8 Å². The molecule has 3 heteroatoms. The van der Waals surface area contributed by atoms with Gasteiger partial charge in [-0.1, -0.05) is 11.6 Å². The first-order valence-corrected chi connectivity index (χ1v) is 5.75. The van der Waals surface area contributed by atoms with E-state index in [1.54, 1.807) is 12.1 Å². The van der Waals surface area contributed by atoms with Crippen LogP contribution >= 0.6 is 11.6 Å². The summed E-state index contributed by atoms with van der Waals surface area (Å²) in [6, 6.07) is 5.68. The van der Waals surface area contributed by atoms with E-state index < -0.39 is 0 Å². The van der Waals surface area contributed by atoms with Crippen LogP contribution in [0.15, 0.2) is 18.2 Å². The maximum atomic E-state index is 9.60. The molecule has 0 bridgehead atoms. The SMILES string of the molecule is CC(NCc1cc(Cl)ccc1O)C1CC1. The molecule has 0 aromatic heterocycles. The highest BCUT2D eigenvalue weighted by atomic mass is 35.5. The fourth-order valence-electron chi connectivity index (χ4n) is 1.73. The molecule has 1 aliphatic carbocycles. The van der Waals surface area contributed by atoms with E-state index in [0.717, 1.165) is 11.5 Å². The van der Waals surface area contributed by atoms with Gasteiger partial charge in [-0.25, -0.2) is 0 Å². The molecule has 0 spiro atoms. The minimum atomic E-state index is 0.315. The highest BCUT2D eigenvalue weighted by Gasteiger charge is 2.27. The largest absolute Gasteiger partial charge is 0.508 e. The molecule has 1 atom stereocenters. The van der Waals surface area contributed by atoms with E-state index in [0.29, 0.717) is 23.4 Å². The fraction of sp³-hybridized carbons (Fsp3) is 0.500. The maximum absolute atomic E-state index is 9.60. The Labute approximate surface area is 95.3 Å². The molecule has 82 valence electrons. The Morgan fingerprint density at radius 1 is 1.53 bits per heavy atom. The van der Waals surface area contributed by atoms with Crippen LogP contribution in [0.1, 0.15) is 25.3 Å². The van der Waals surface area contributed by atoms with Gasteiger partial charge in [0.1, 0.15) is 5.75 Å². The van der Waals surface area contributed by atoms with E-state index in [4.69, 9.17) is 11.6 Å². The quantitative estimate of drug-likeness (QED) is 0.826. The van der Waals surface area contributed by atoms with E-state index in [1.807, 2.05) is 6.07 Å². The zero-order valence-corrected chi connectivity index (χ0v) is 9.59. The molecule has 0 aliphatic heterocycles. The van der Waals surface area contributed by atoms with Crippen LogP contribution in [0.2, 0.25) is 5.02 Å². The van der Waals surface area contributed by atoms with Crippen molar-refractivity contribution in [1.29, 1.82) is 0 Å². The van der Waals surface area contributed by atoms with Crippen molar-refractivity contribution >= 4 is 11.6 Å². The lowest BCUT2D eigenvalue weighted by Crippen LogP contribution is -2.27. The van der Waals surface area contributed by atoms with Gasteiger partial charge in [0.15, 0.2) is 0 Å². The summed E-state index contributed by atoms with van der Waals surface area (Å²) >= 11 is 5.87. The van der Waals surface area contributed by atoms with Crippen LogP contribution < -0.4 is 5.32 Å². The van der Waals surface area contributed by atoms with Gasteiger partial charge < -0.3 is 10.4 Å². The molecule has 1 fully saturated rings. The second-order valence-electron chi connectivity index (χ2n) is 4.28. The number of hydrogen-bond acceptors (Lipinski definition) is 2. The van der Waals surface area contributed by atoms with Crippen LogP contribution in [0.5, 0.6) is 5.75 Å². The van der Waals surface area contributed by atoms with Gasteiger partial charge in [0, 0.05) is 23.2 Å². The normalized spacial score (nSPS) is 17.7. The summed E-state index contributed by atoms with van der Waals surface area (Å²) in [5.41, 5.74) is 0.870. The van der Waals surface area contributed by atoms with Crippen molar-refractivity contribution in [2.24, 2.45) is 5.92 Å². The Morgan fingerprint density at radius 2 is 2.27 bits per heavy atom. The lowest BCUT2D eigenvalue weighted by molar-refractivity contribution is 0.451. The Hall–Kier alpha value is -0.730. The van der Waals surface area contributed by atoms with Gasteiger partial charge in [-0.15, -0.1) is 0 Å². The van der Waals surface area contributed by atoms with Crippen molar-refractivity contribution in [2.45, 2.75) is 32.4 Å². The van der Waals surface area contributed by atoms with E-state index in [9.17, 15) is 5.11 Å². The third-order valence-corrected chi connectivity index (χ3v) is 3.22. The van der Waals surface area contributed by atoms with Gasteiger partial charge in [-0.2, -0.15) is 0 Å². The van der Waals surface area contributed by atoms with Crippen molar-refractivity contribution in [2.75, 3.05) is 0 Å². The molecule has 2 nitrogen and oxygen atoms in total. The standard InChI is InChI=1S/C12H16ClNO/c1-8(9-2-3-9)14-7-10-6-11(13)4-5-12(10)15/h4-6,8-9,14-15H,2-3,7H2,1H3. The van der Waals surface area contributed by atoms with Crippen LogP contribution in [0, 0.1) is 5.92 Å². The molecule has 0 heterocycles. The molecule has 0 saturated heterocycles. The summed E-state index contributed by atoms with van der Waals surface area (Å²) in [5, 5.41) is 13.7. The first-order valence-electron chi connectivity index (χ1n) is 5.37.